The molecule has 15 heteroatoms. The number of alkyl halides is 3. The predicted octanol–water partition coefficient (Wildman–Crippen LogP) is 4.08. The number of carbonyl (C=O) groups is 3. The van der Waals surface area contributed by atoms with Crippen molar-refractivity contribution in [2.45, 2.75) is 38.9 Å². The molecule has 2 aliphatic heterocycles. The summed E-state index contributed by atoms with van der Waals surface area (Å²) in [4.78, 5) is 37.0. The molecular weight excluding hydrogens is 582 g/mol. The van der Waals surface area contributed by atoms with Gasteiger partial charge in [0, 0.05) is 17.7 Å². The first-order valence-corrected chi connectivity index (χ1v) is 12.8. The van der Waals surface area contributed by atoms with Crippen LogP contribution in [0, 0.1) is 11.2 Å². The molecular formula is C28H31F4N3O8. The molecule has 0 atom stereocenters. The third kappa shape index (κ3) is 7.09. The summed E-state index contributed by atoms with van der Waals surface area (Å²) in [6, 6.07) is 5.04. The monoisotopic (exact) mass is 613 g/mol. The van der Waals surface area contributed by atoms with Crippen LogP contribution in [0.1, 0.15) is 47.8 Å². The van der Waals surface area contributed by atoms with Gasteiger partial charge in [0.15, 0.2) is 23.1 Å². The average molecular weight is 614 g/mol. The van der Waals surface area contributed by atoms with Gasteiger partial charge in [0.1, 0.15) is 24.7 Å². The van der Waals surface area contributed by atoms with E-state index in [0.29, 0.717) is 35.7 Å². The summed E-state index contributed by atoms with van der Waals surface area (Å²) < 4.78 is 63.1. The Balaban J connectivity index is 0.000000646. The minimum Gasteiger partial charge on any atom is -0.493 e. The topological polar surface area (TPSA) is 150 Å². The summed E-state index contributed by atoms with van der Waals surface area (Å²) in [5.74, 6) is -4.11. The summed E-state index contributed by atoms with van der Waals surface area (Å²) in [7, 11) is 2.74. The predicted molar refractivity (Wildman–Crippen MR) is 145 cm³/mol. The number of fused-ring (bicyclic) bond motifs is 2. The van der Waals surface area contributed by atoms with Crippen molar-refractivity contribution in [3.05, 3.63) is 46.3 Å². The van der Waals surface area contributed by atoms with E-state index in [1.165, 1.54) is 19.1 Å². The molecule has 4 rings (SSSR count). The molecule has 2 aromatic carbocycles. The van der Waals surface area contributed by atoms with Crippen molar-refractivity contribution in [3.63, 3.8) is 0 Å². The summed E-state index contributed by atoms with van der Waals surface area (Å²) >= 11 is 0. The number of benzene rings is 2. The molecule has 0 radical (unpaired) electrons. The largest absolute Gasteiger partial charge is 0.493 e. The van der Waals surface area contributed by atoms with Gasteiger partial charge < -0.3 is 34.2 Å². The quantitative estimate of drug-likeness (QED) is 0.308. The van der Waals surface area contributed by atoms with Crippen molar-refractivity contribution >= 4 is 29.2 Å². The Bertz CT molecular complexity index is 1450. The van der Waals surface area contributed by atoms with E-state index in [1.807, 2.05) is 20.8 Å². The number of nitrogens with one attached hydrogen (secondary N) is 1. The van der Waals surface area contributed by atoms with E-state index in [-0.39, 0.29) is 53.7 Å². The van der Waals surface area contributed by atoms with Gasteiger partial charge in [-0.1, -0.05) is 20.8 Å². The van der Waals surface area contributed by atoms with Crippen LogP contribution in [0.15, 0.2) is 18.2 Å². The Labute approximate surface area is 244 Å². The highest BCUT2D eigenvalue weighted by Gasteiger charge is 2.38. The second-order valence-corrected chi connectivity index (χ2v) is 10.7. The molecule has 0 saturated heterocycles. The fraction of sp³-hybridized carbons (Fsp3) is 0.429. The average Bonchev–Trinajstić information content (AvgIpc) is 3.21. The van der Waals surface area contributed by atoms with Crippen molar-refractivity contribution in [2.75, 3.05) is 45.4 Å². The number of amidine groups is 1. The van der Waals surface area contributed by atoms with Crippen LogP contribution in [0.4, 0.5) is 23.2 Å². The fourth-order valence-electron chi connectivity index (χ4n) is 4.65. The number of Topliss-reactive ketones (excluding diaryl/α,β-unsaturated/α-hetero) is 1. The Hall–Kier alpha value is -4.56. The Morgan fingerprint density at radius 3 is 2.16 bits per heavy atom. The smallest absolute Gasteiger partial charge is 0.490 e. The van der Waals surface area contributed by atoms with E-state index in [4.69, 9.17) is 29.5 Å². The molecule has 0 spiro atoms. The Morgan fingerprint density at radius 2 is 1.65 bits per heavy atom. The second kappa shape index (κ2) is 12.4. The van der Waals surface area contributed by atoms with E-state index in [1.54, 1.807) is 23.1 Å². The van der Waals surface area contributed by atoms with Crippen LogP contribution >= 0.6 is 0 Å². The Morgan fingerprint density at radius 1 is 1.02 bits per heavy atom. The molecule has 2 aliphatic rings. The highest BCUT2D eigenvalue weighted by atomic mass is 19.4. The number of carboxylic acid groups (broad SMARTS) is 2. The van der Waals surface area contributed by atoms with Crippen LogP contribution in [-0.2, 0) is 21.5 Å². The van der Waals surface area contributed by atoms with Crippen LogP contribution in [0.3, 0.4) is 0 Å². The van der Waals surface area contributed by atoms with Gasteiger partial charge in [-0.15, -0.1) is 0 Å². The summed E-state index contributed by atoms with van der Waals surface area (Å²) in [5.41, 5.74) is 1.96. The lowest BCUT2D eigenvalue weighted by Crippen LogP contribution is -2.38. The van der Waals surface area contributed by atoms with Crippen LogP contribution in [0.25, 0.3) is 0 Å². The molecule has 0 saturated carbocycles. The van der Waals surface area contributed by atoms with E-state index < -0.39 is 23.9 Å². The molecule has 234 valence electrons. The third-order valence-corrected chi connectivity index (χ3v) is 6.66. The number of ether oxygens (including phenoxy) is 3. The molecule has 0 aromatic heterocycles. The molecule has 3 N–H and O–H groups in total. The lowest BCUT2D eigenvalue weighted by molar-refractivity contribution is -0.192. The molecule has 0 bridgehead atoms. The maximum atomic E-state index is 15.1. The molecule has 43 heavy (non-hydrogen) atoms. The lowest BCUT2D eigenvalue weighted by atomic mass is 9.84. The van der Waals surface area contributed by atoms with Gasteiger partial charge in [0.25, 0.3) is 0 Å². The molecule has 0 unspecified atom stereocenters. The first-order valence-electron chi connectivity index (χ1n) is 12.8. The summed E-state index contributed by atoms with van der Waals surface area (Å²) in [5, 5.41) is 25.0. The zero-order valence-electron chi connectivity index (χ0n) is 24.0. The van der Waals surface area contributed by atoms with Gasteiger partial charge in [-0.25, -0.2) is 9.18 Å². The summed E-state index contributed by atoms with van der Waals surface area (Å²) in [6.45, 7) is 6.51. The van der Waals surface area contributed by atoms with Gasteiger partial charge in [-0.3, -0.25) is 15.0 Å². The third-order valence-electron chi connectivity index (χ3n) is 6.66. The fourth-order valence-corrected chi connectivity index (χ4v) is 4.65. The number of halogens is 4. The maximum Gasteiger partial charge on any atom is 0.490 e. The zero-order chi connectivity index (χ0) is 32.4. The van der Waals surface area contributed by atoms with Crippen molar-refractivity contribution in [1.29, 1.82) is 5.41 Å². The highest BCUT2D eigenvalue weighted by molar-refractivity contribution is 6.06. The summed E-state index contributed by atoms with van der Waals surface area (Å²) in [6.07, 6.45) is -5.08. The van der Waals surface area contributed by atoms with Gasteiger partial charge in [0.2, 0.25) is 0 Å². The first-order chi connectivity index (χ1) is 19.9. The number of nitrogens with zero attached hydrogens (tertiary/aromatic N) is 2. The van der Waals surface area contributed by atoms with Gasteiger partial charge in [-0.05, 0) is 29.2 Å². The minimum atomic E-state index is -5.08. The van der Waals surface area contributed by atoms with E-state index in [0.717, 1.165) is 5.56 Å². The first kappa shape index (κ1) is 32.9. The molecule has 11 nitrogen and oxygen atoms in total. The van der Waals surface area contributed by atoms with Crippen LogP contribution in [0.5, 0.6) is 17.2 Å². The van der Waals surface area contributed by atoms with Crippen molar-refractivity contribution in [3.8, 4) is 17.2 Å². The molecule has 0 fully saturated rings. The van der Waals surface area contributed by atoms with Crippen LogP contribution in [-0.4, -0.2) is 85.3 Å². The maximum absolute atomic E-state index is 15.1. The number of hydrogen-bond acceptors (Lipinski definition) is 8. The van der Waals surface area contributed by atoms with Crippen molar-refractivity contribution < 1.29 is 56.4 Å². The van der Waals surface area contributed by atoms with Gasteiger partial charge in [0.05, 0.1) is 38.6 Å². The van der Waals surface area contributed by atoms with E-state index in [9.17, 15) is 27.9 Å². The highest BCUT2D eigenvalue weighted by Crippen LogP contribution is 2.42. The van der Waals surface area contributed by atoms with Gasteiger partial charge in [-0.2, -0.15) is 13.2 Å². The number of carboxylic acids is 2. The van der Waals surface area contributed by atoms with Gasteiger partial charge >= 0.3 is 18.1 Å². The number of carbonyl (C=O) groups excluding carboxylic acids is 1. The molecule has 2 heterocycles. The van der Waals surface area contributed by atoms with E-state index >= 15 is 4.39 Å². The van der Waals surface area contributed by atoms with E-state index in [2.05, 4.69) is 0 Å². The number of aliphatic carboxylic acids is 2. The molecule has 2 aromatic rings. The normalized spacial score (nSPS) is 14.2. The number of ketones is 1. The number of hydrogen-bond donors (Lipinski definition) is 3. The number of anilines is 1. The molecule has 0 aliphatic carbocycles. The number of methoxy groups -OCH3 is 2. The van der Waals surface area contributed by atoms with Crippen LogP contribution < -0.4 is 19.1 Å². The molecule has 0 amide bonds. The van der Waals surface area contributed by atoms with Crippen molar-refractivity contribution in [1.82, 2.24) is 4.90 Å². The second-order valence-electron chi connectivity index (χ2n) is 10.7. The van der Waals surface area contributed by atoms with Crippen LogP contribution in [0.2, 0.25) is 0 Å². The SMILES string of the molecule is COc1cc2c(c(F)c1OC)C(=N)N(CC(=O)c1cc3c(c(C(C)(C)C)c1)OCCN3CC(=O)O)C2.O=C(O)C(F)(F)F. The zero-order valence-corrected chi connectivity index (χ0v) is 24.0. The standard InChI is InChI=1S/C26H30FN3O6.C2HF3O2/c1-26(2,3)16-8-14(9-17-23(16)36-7-6-29(17)13-20(32)33)18(31)12-30-11-15-10-19(34-4)24(35-5)22(27)21(15)25(30)28;3-2(4,5)1(6)7/h8-10,28H,6-7,11-13H2,1-5H3,(H,32,33);(H,6,7). The van der Waals surface area contributed by atoms with Crippen molar-refractivity contribution in [2.24, 2.45) is 0 Å². The Kier molecular flexibility index (Phi) is 9.47. The lowest BCUT2D eigenvalue weighted by Gasteiger charge is -2.34. The number of rotatable bonds is 7. The minimum absolute atomic E-state index is 0.0855.